The summed E-state index contributed by atoms with van der Waals surface area (Å²) in [5.41, 5.74) is 0.119. The average molecular weight is 252 g/mol. The molecule has 2 saturated heterocycles. The molecule has 1 N–H and O–H groups in total. The molecule has 0 bridgehead atoms. The van der Waals surface area contributed by atoms with E-state index in [0.717, 1.165) is 12.6 Å². The largest absolute Gasteiger partial charge is 0.391 e. The Morgan fingerprint density at radius 1 is 1.00 bits per heavy atom. The molecule has 2 heterocycles. The van der Waals surface area contributed by atoms with Crippen LogP contribution in [0, 0.1) is 5.41 Å². The maximum absolute atomic E-state index is 10.5. The number of fused-ring (bicyclic) bond motifs is 1. The number of aliphatic hydroxyl groups excluding tert-OH is 1. The fourth-order valence-electron chi connectivity index (χ4n) is 4.21. The SMILES string of the molecule is CC1(C)CCC(N2CCN3CCCCC3C2)C1O. The fourth-order valence-corrected chi connectivity index (χ4v) is 4.21. The first-order chi connectivity index (χ1) is 8.58. The summed E-state index contributed by atoms with van der Waals surface area (Å²) >= 11 is 0. The molecule has 3 heteroatoms. The van der Waals surface area contributed by atoms with Crippen LogP contribution in [0.25, 0.3) is 0 Å². The monoisotopic (exact) mass is 252 g/mol. The molecule has 3 atom stereocenters. The molecule has 0 aromatic carbocycles. The third-order valence-electron chi connectivity index (χ3n) is 5.59. The number of aliphatic hydroxyl groups is 1. The van der Waals surface area contributed by atoms with Crippen LogP contribution in [0.2, 0.25) is 0 Å². The predicted octanol–water partition coefficient (Wildman–Crippen LogP) is 1.71. The highest BCUT2D eigenvalue weighted by atomic mass is 16.3. The van der Waals surface area contributed by atoms with Gasteiger partial charge in [-0.3, -0.25) is 9.80 Å². The third kappa shape index (κ3) is 2.21. The molecule has 18 heavy (non-hydrogen) atoms. The Morgan fingerprint density at radius 2 is 1.78 bits per heavy atom. The molecular weight excluding hydrogens is 224 g/mol. The molecule has 3 unspecified atom stereocenters. The number of hydrogen-bond acceptors (Lipinski definition) is 3. The van der Waals surface area contributed by atoms with E-state index < -0.39 is 0 Å². The molecule has 3 rings (SSSR count). The first-order valence-electron chi connectivity index (χ1n) is 7.74. The second-order valence-corrected chi connectivity index (χ2v) is 7.22. The Hall–Kier alpha value is -0.120. The van der Waals surface area contributed by atoms with Crippen LogP contribution >= 0.6 is 0 Å². The van der Waals surface area contributed by atoms with E-state index in [9.17, 15) is 5.11 Å². The van der Waals surface area contributed by atoms with Crippen molar-refractivity contribution in [2.24, 2.45) is 5.41 Å². The van der Waals surface area contributed by atoms with Crippen LogP contribution in [-0.4, -0.2) is 59.3 Å². The van der Waals surface area contributed by atoms with Gasteiger partial charge in [-0.05, 0) is 37.6 Å². The second-order valence-electron chi connectivity index (χ2n) is 7.22. The molecule has 0 aromatic heterocycles. The van der Waals surface area contributed by atoms with Crippen molar-refractivity contribution < 1.29 is 5.11 Å². The van der Waals surface area contributed by atoms with E-state index >= 15 is 0 Å². The van der Waals surface area contributed by atoms with Gasteiger partial charge in [-0.15, -0.1) is 0 Å². The lowest BCUT2D eigenvalue weighted by atomic mass is 9.88. The quantitative estimate of drug-likeness (QED) is 0.769. The Labute approximate surface area is 111 Å². The molecule has 0 spiro atoms. The molecule has 3 aliphatic rings. The fraction of sp³-hybridized carbons (Fsp3) is 1.00. The zero-order chi connectivity index (χ0) is 12.8. The number of hydrogen-bond donors (Lipinski definition) is 1. The highest BCUT2D eigenvalue weighted by Crippen LogP contribution is 2.40. The number of piperazine rings is 1. The van der Waals surface area contributed by atoms with Gasteiger partial charge in [0.05, 0.1) is 6.10 Å². The van der Waals surface area contributed by atoms with E-state index in [0.29, 0.717) is 6.04 Å². The van der Waals surface area contributed by atoms with Crippen LogP contribution in [0.1, 0.15) is 46.0 Å². The van der Waals surface area contributed by atoms with Gasteiger partial charge in [-0.1, -0.05) is 20.3 Å². The predicted molar refractivity (Wildman–Crippen MR) is 73.6 cm³/mol. The van der Waals surface area contributed by atoms with Crippen LogP contribution in [0.15, 0.2) is 0 Å². The summed E-state index contributed by atoms with van der Waals surface area (Å²) in [5.74, 6) is 0. The molecule has 0 aromatic rings. The molecule has 3 fully saturated rings. The van der Waals surface area contributed by atoms with Crippen LogP contribution in [0.4, 0.5) is 0 Å². The van der Waals surface area contributed by atoms with Crippen molar-refractivity contribution in [3.63, 3.8) is 0 Å². The summed E-state index contributed by atoms with van der Waals surface area (Å²) in [6, 6.07) is 1.19. The number of nitrogens with zero attached hydrogens (tertiary/aromatic N) is 2. The number of rotatable bonds is 1. The molecule has 1 saturated carbocycles. The smallest absolute Gasteiger partial charge is 0.0746 e. The van der Waals surface area contributed by atoms with Gasteiger partial charge in [0.2, 0.25) is 0 Å². The van der Waals surface area contributed by atoms with Crippen molar-refractivity contribution in [2.45, 2.75) is 64.1 Å². The summed E-state index contributed by atoms with van der Waals surface area (Å²) < 4.78 is 0. The Bertz CT molecular complexity index is 305. The maximum Gasteiger partial charge on any atom is 0.0746 e. The Morgan fingerprint density at radius 3 is 2.50 bits per heavy atom. The number of piperidine rings is 1. The molecule has 104 valence electrons. The topological polar surface area (TPSA) is 26.7 Å². The van der Waals surface area contributed by atoms with Crippen molar-refractivity contribution in [3.05, 3.63) is 0 Å². The van der Waals surface area contributed by atoms with Crippen molar-refractivity contribution in [2.75, 3.05) is 26.2 Å². The molecule has 2 aliphatic heterocycles. The average Bonchev–Trinajstić information content (AvgIpc) is 2.64. The molecule has 0 amide bonds. The molecular formula is C15H28N2O. The first kappa shape index (κ1) is 12.9. The van der Waals surface area contributed by atoms with E-state index in [4.69, 9.17) is 0 Å². The lowest BCUT2D eigenvalue weighted by molar-refractivity contribution is -0.0262. The van der Waals surface area contributed by atoms with Gasteiger partial charge in [-0.25, -0.2) is 0 Å². The Balaban J connectivity index is 1.64. The highest BCUT2D eigenvalue weighted by Gasteiger charge is 2.45. The van der Waals surface area contributed by atoms with Gasteiger partial charge < -0.3 is 5.11 Å². The minimum atomic E-state index is -0.132. The van der Waals surface area contributed by atoms with Gasteiger partial charge >= 0.3 is 0 Å². The Kier molecular flexibility index (Phi) is 3.41. The summed E-state index contributed by atoms with van der Waals surface area (Å²) in [6.45, 7) is 9.31. The molecule has 1 aliphatic carbocycles. The summed E-state index contributed by atoms with van der Waals surface area (Å²) in [4.78, 5) is 5.26. The normalized spacial score (nSPS) is 41.8. The van der Waals surface area contributed by atoms with E-state index in [1.54, 1.807) is 0 Å². The van der Waals surface area contributed by atoms with Gasteiger partial charge in [-0.2, -0.15) is 0 Å². The third-order valence-corrected chi connectivity index (χ3v) is 5.59. The van der Waals surface area contributed by atoms with E-state index in [2.05, 4.69) is 23.6 Å². The second kappa shape index (κ2) is 4.77. The standard InChI is InChI=1S/C15H28N2O/c1-15(2)7-6-13(14(15)18)17-10-9-16-8-4-3-5-12(16)11-17/h12-14,18H,3-11H2,1-2H3. The summed E-state index contributed by atoms with van der Waals surface area (Å²) in [6.07, 6.45) is 6.36. The maximum atomic E-state index is 10.5. The van der Waals surface area contributed by atoms with Crippen molar-refractivity contribution >= 4 is 0 Å². The highest BCUT2D eigenvalue weighted by molar-refractivity contribution is 4.99. The van der Waals surface area contributed by atoms with E-state index in [1.807, 2.05) is 0 Å². The van der Waals surface area contributed by atoms with Crippen molar-refractivity contribution in [1.29, 1.82) is 0 Å². The van der Waals surface area contributed by atoms with Crippen LogP contribution in [0.3, 0.4) is 0 Å². The minimum Gasteiger partial charge on any atom is -0.391 e. The van der Waals surface area contributed by atoms with Crippen molar-refractivity contribution in [1.82, 2.24) is 9.80 Å². The summed E-state index contributed by atoms with van der Waals surface area (Å²) in [5, 5.41) is 10.5. The molecule has 3 nitrogen and oxygen atoms in total. The zero-order valence-electron chi connectivity index (χ0n) is 11.9. The van der Waals surface area contributed by atoms with Crippen LogP contribution in [0.5, 0.6) is 0 Å². The lowest BCUT2D eigenvalue weighted by Crippen LogP contribution is -2.58. The van der Waals surface area contributed by atoms with Gasteiger partial charge in [0.1, 0.15) is 0 Å². The van der Waals surface area contributed by atoms with E-state index in [-0.39, 0.29) is 11.5 Å². The summed E-state index contributed by atoms with van der Waals surface area (Å²) in [7, 11) is 0. The first-order valence-corrected chi connectivity index (χ1v) is 7.74. The van der Waals surface area contributed by atoms with Crippen LogP contribution in [-0.2, 0) is 0 Å². The van der Waals surface area contributed by atoms with E-state index in [1.165, 1.54) is 51.7 Å². The van der Waals surface area contributed by atoms with Gasteiger partial charge in [0.25, 0.3) is 0 Å². The van der Waals surface area contributed by atoms with Crippen LogP contribution < -0.4 is 0 Å². The minimum absolute atomic E-state index is 0.119. The lowest BCUT2D eigenvalue weighted by Gasteiger charge is -2.47. The van der Waals surface area contributed by atoms with Crippen molar-refractivity contribution in [3.8, 4) is 0 Å². The van der Waals surface area contributed by atoms with Gasteiger partial charge in [0.15, 0.2) is 0 Å². The van der Waals surface area contributed by atoms with Gasteiger partial charge in [0, 0.05) is 31.7 Å². The molecule has 0 radical (unpaired) electrons. The zero-order valence-corrected chi connectivity index (χ0v) is 11.9.